The second-order valence-electron chi connectivity index (χ2n) is 8.07. The molecule has 0 aromatic heterocycles. The first kappa shape index (κ1) is 20.8. The van der Waals surface area contributed by atoms with Gasteiger partial charge in [0, 0.05) is 24.0 Å². The number of carbonyl (C=O) groups excluding carboxylic acids is 1. The minimum Gasteiger partial charge on any atom is -0.327 e. The topological polar surface area (TPSA) is 69.9 Å². The van der Waals surface area contributed by atoms with Gasteiger partial charge in [0.15, 0.2) is 0 Å². The van der Waals surface area contributed by atoms with Crippen LogP contribution in [0.3, 0.4) is 0 Å². The van der Waals surface area contributed by atoms with Crippen molar-refractivity contribution in [1.82, 2.24) is 9.91 Å². The molecule has 0 aromatic carbocycles. The summed E-state index contributed by atoms with van der Waals surface area (Å²) in [5, 5.41) is 5.70. The van der Waals surface area contributed by atoms with Crippen molar-refractivity contribution in [3.8, 4) is 0 Å². The summed E-state index contributed by atoms with van der Waals surface area (Å²) < 4.78 is 42.8. The predicted molar refractivity (Wildman–Crippen MR) is 106 cm³/mol. The van der Waals surface area contributed by atoms with E-state index >= 15 is 0 Å². The molecule has 1 saturated heterocycles. The fourth-order valence-electron chi connectivity index (χ4n) is 4.49. The van der Waals surface area contributed by atoms with Crippen LogP contribution in [0.15, 0.2) is 39.3 Å². The van der Waals surface area contributed by atoms with Crippen molar-refractivity contribution in [2.24, 2.45) is 32.8 Å². The molecule has 0 spiro atoms. The van der Waals surface area contributed by atoms with Crippen LogP contribution >= 0.6 is 0 Å². The number of likely N-dealkylation sites (tertiary alicyclic amines) is 1. The van der Waals surface area contributed by atoms with E-state index < -0.39 is 18.5 Å². The number of carbonyl (C=O) groups is 1. The lowest BCUT2D eigenvalue weighted by atomic mass is 9.84. The van der Waals surface area contributed by atoms with Gasteiger partial charge in [-0.15, -0.1) is 0 Å². The summed E-state index contributed by atoms with van der Waals surface area (Å²) in [6.45, 7) is 3.36. The Morgan fingerprint density at radius 3 is 2.93 bits per heavy atom. The largest absolute Gasteiger partial charge is 0.345 e. The molecule has 0 saturated carbocycles. The average Bonchev–Trinajstić information content (AvgIpc) is 3.25. The van der Waals surface area contributed by atoms with Gasteiger partial charge in [-0.2, -0.15) is 13.9 Å². The van der Waals surface area contributed by atoms with Crippen LogP contribution in [0.5, 0.6) is 0 Å². The molecule has 5 unspecified atom stereocenters. The van der Waals surface area contributed by atoms with Crippen molar-refractivity contribution < 1.29 is 22.7 Å². The highest BCUT2D eigenvalue weighted by molar-refractivity contribution is 6.13. The number of halogens is 3. The molecule has 0 aliphatic carbocycles. The molecule has 7 nitrogen and oxygen atoms in total. The van der Waals surface area contributed by atoms with Crippen LogP contribution in [-0.2, 0) is 9.53 Å². The van der Waals surface area contributed by atoms with E-state index in [9.17, 15) is 18.0 Å². The number of allylic oxidation sites excluding steroid dienone is 2. The highest BCUT2D eigenvalue weighted by Crippen LogP contribution is 2.35. The highest BCUT2D eigenvalue weighted by atomic mass is 19.3. The Morgan fingerprint density at radius 1 is 1.40 bits per heavy atom. The molecule has 0 N–H and O–H groups in total. The maximum Gasteiger partial charge on any atom is 0.345 e. The minimum absolute atomic E-state index is 0.00435. The molecule has 162 valence electrons. The number of fused-ring (bicyclic) bond motifs is 1. The fourth-order valence-corrected chi connectivity index (χ4v) is 4.49. The normalized spacial score (nSPS) is 33.2. The van der Waals surface area contributed by atoms with Crippen molar-refractivity contribution in [2.45, 2.75) is 32.1 Å². The van der Waals surface area contributed by atoms with Gasteiger partial charge >= 0.3 is 6.61 Å². The molecule has 1 amide bonds. The number of amides is 1. The number of hydrogen-bond acceptors (Lipinski definition) is 6. The summed E-state index contributed by atoms with van der Waals surface area (Å²) in [5.74, 6) is -1.15. The van der Waals surface area contributed by atoms with Gasteiger partial charge in [-0.25, -0.2) is 4.39 Å². The van der Waals surface area contributed by atoms with E-state index in [1.807, 2.05) is 13.0 Å². The molecule has 4 heterocycles. The van der Waals surface area contributed by atoms with E-state index in [0.717, 1.165) is 11.4 Å². The van der Waals surface area contributed by atoms with Crippen molar-refractivity contribution in [3.05, 3.63) is 24.2 Å². The third kappa shape index (κ3) is 4.19. The second kappa shape index (κ2) is 8.33. The maximum absolute atomic E-state index is 13.1. The number of alkyl halides is 2. The number of hydrogen-bond donors (Lipinski definition) is 0. The van der Waals surface area contributed by atoms with Crippen LogP contribution < -0.4 is 0 Å². The third-order valence-electron chi connectivity index (χ3n) is 5.81. The van der Waals surface area contributed by atoms with E-state index in [1.165, 1.54) is 0 Å². The lowest BCUT2D eigenvalue weighted by Gasteiger charge is -2.28. The highest BCUT2D eigenvalue weighted by Gasteiger charge is 2.45. The van der Waals surface area contributed by atoms with Gasteiger partial charge in [-0.05, 0) is 12.3 Å². The zero-order valence-electron chi connectivity index (χ0n) is 16.6. The Bertz CT molecular complexity index is 840. The van der Waals surface area contributed by atoms with Gasteiger partial charge in [-0.3, -0.25) is 19.8 Å². The summed E-state index contributed by atoms with van der Waals surface area (Å²) in [6, 6.07) is -0.249. The summed E-state index contributed by atoms with van der Waals surface area (Å²) in [6.07, 6.45) is 5.04. The molecular formula is C20H24F3N5O2. The number of aliphatic imine (C=N–C) groups is 2. The van der Waals surface area contributed by atoms with E-state index in [0.29, 0.717) is 19.5 Å². The van der Waals surface area contributed by atoms with Crippen LogP contribution in [0.2, 0.25) is 0 Å². The number of ether oxygens (including phenoxy) is 1. The molecule has 0 aromatic rings. The third-order valence-corrected chi connectivity index (χ3v) is 5.81. The number of rotatable bonds is 6. The summed E-state index contributed by atoms with van der Waals surface area (Å²) in [5.41, 5.74) is 1.50. The fraction of sp³-hybridized carbons (Fsp3) is 0.600. The first-order valence-corrected chi connectivity index (χ1v) is 9.97. The minimum atomic E-state index is -2.83. The van der Waals surface area contributed by atoms with Crippen LogP contribution in [0, 0.1) is 17.8 Å². The average molecular weight is 423 g/mol. The standard InChI is InChI=1S/C20H24F3N5O2/c1-11-3-16(13-4-15(7-24-5-13)30-20(22)23)26-17-10-28(19(29)18(11)17)14-6-25-27(9-14)8-12(2)21/h3,5-6,11,13-15,18,20H,2,4,7-10H2,1H3. The van der Waals surface area contributed by atoms with Gasteiger partial charge in [0.05, 0.1) is 50.0 Å². The van der Waals surface area contributed by atoms with Gasteiger partial charge in [0.2, 0.25) is 5.91 Å². The Balaban J connectivity index is 1.46. The van der Waals surface area contributed by atoms with Gasteiger partial charge in [0.25, 0.3) is 0 Å². The second-order valence-corrected chi connectivity index (χ2v) is 8.07. The maximum atomic E-state index is 13.1. The molecule has 10 heteroatoms. The molecule has 0 radical (unpaired) electrons. The summed E-state index contributed by atoms with van der Waals surface area (Å²) in [7, 11) is 0. The molecule has 0 bridgehead atoms. The molecule has 1 fully saturated rings. The van der Waals surface area contributed by atoms with Gasteiger partial charge < -0.3 is 9.64 Å². The van der Waals surface area contributed by atoms with E-state index in [2.05, 4.69) is 21.4 Å². The van der Waals surface area contributed by atoms with Crippen molar-refractivity contribution >= 4 is 24.0 Å². The molecular weight excluding hydrogens is 399 g/mol. The Morgan fingerprint density at radius 2 is 2.20 bits per heavy atom. The zero-order valence-corrected chi connectivity index (χ0v) is 16.6. The molecule has 5 atom stereocenters. The van der Waals surface area contributed by atoms with Crippen LogP contribution in [0.25, 0.3) is 0 Å². The molecule has 4 rings (SSSR count). The van der Waals surface area contributed by atoms with Crippen molar-refractivity contribution in [1.29, 1.82) is 0 Å². The van der Waals surface area contributed by atoms with Crippen LogP contribution in [0.1, 0.15) is 13.3 Å². The van der Waals surface area contributed by atoms with Gasteiger partial charge in [-0.1, -0.05) is 19.6 Å². The molecule has 4 aliphatic heterocycles. The summed E-state index contributed by atoms with van der Waals surface area (Å²) in [4.78, 5) is 23.6. The Hall–Kier alpha value is -2.49. The monoisotopic (exact) mass is 423 g/mol. The van der Waals surface area contributed by atoms with Gasteiger partial charge in [0.1, 0.15) is 5.83 Å². The van der Waals surface area contributed by atoms with Crippen molar-refractivity contribution in [2.75, 3.05) is 26.2 Å². The molecule has 4 aliphatic rings. The zero-order chi connectivity index (χ0) is 21.4. The SMILES string of the molecule is C=C(F)CN1CC(N2CC3=NC(C4C=NCC(OC(F)F)C4)=CC(C)C3C2=O)C=N1. The first-order chi connectivity index (χ1) is 14.3. The van der Waals surface area contributed by atoms with Crippen LogP contribution in [0.4, 0.5) is 13.2 Å². The summed E-state index contributed by atoms with van der Waals surface area (Å²) >= 11 is 0. The van der Waals surface area contributed by atoms with Crippen molar-refractivity contribution in [3.63, 3.8) is 0 Å². The first-order valence-electron chi connectivity index (χ1n) is 9.97. The number of hydrazone groups is 1. The Labute approximate surface area is 172 Å². The predicted octanol–water partition coefficient (Wildman–Crippen LogP) is 2.27. The number of nitrogens with zero attached hydrogens (tertiary/aromatic N) is 5. The van der Waals surface area contributed by atoms with Crippen LogP contribution in [-0.4, -0.2) is 78.9 Å². The van der Waals surface area contributed by atoms with E-state index in [4.69, 9.17) is 4.99 Å². The quantitative estimate of drug-likeness (QED) is 0.658. The lowest BCUT2D eigenvalue weighted by Crippen LogP contribution is -2.42. The van der Waals surface area contributed by atoms with E-state index in [-0.39, 0.29) is 42.8 Å². The van der Waals surface area contributed by atoms with E-state index in [1.54, 1.807) is 22.3 Å². The lowest BCUT2D eigenvalue weighted by molar-refractivity contribution is -0.163. The Kier molecular flexibility index (Phi) is 5.77. The smallest absolute Gasteiger partial charge is 0.327 e. The molecule has 30 heavy (non-hydrogen) atoms.